The number of halogens is 1. The maximum Gasteiger partial charge on any atom is 0.264 e. The number of nitrogens with zero attached hydrogens (tertiary/aromatic N) is 2. The number of nitrogens with one attached hydrogen (secondary N) is 1. The minimum atomic E-state index is -4.35. The highest BCUT2D eigenvalue weighted by Crippen LogP contribution is 2.32. The Hall–Kier alpha value is -4.90. The molecule has 0 aliphatic carbocycles. The van der Waals surface area contributed by atoms with E-state index in [0.29, 0.717) is 24.3 Å². The van der Waals surface area contributed by atoms with Gasteiger partial charge in [0.25, 0.3) is 10.0 Å². The number of carbonyl (C=O) groups excluding carboxylic acids is 2. The van der Waals surface area contributed by atoms with E-state index in [1.807, 2.05) is 44.2 Å². The van der Waals surface area contributed by atoms with E-state index in [2.05, 4.69) is 5.32 Å². The lowest BCUT2D eigenvalue weighted by atomic mass is 10.0. The second-order valence-corrected chi connectivity index (χ2v) is 12.9. The van der Waals surface area contributed by atoms with Crippen molar-refractivity contribution in [2.75, 3.05) is 31.6 Å². The predicted octanol–water partition coefficient (Wildman–Crippen LogP) is 5.51. The van der Waals surface area contributed by atoms with Crippen LogP contribution >= 0.6 is 0 Å². The van der Waals surface area contributed by atoms with Gasteiger partial charge < -0.3 is 19.7 Å². The molecule has 0 saturated heterocycles. The van der Waals surface area contributed by atoms with Crippen molar-refractivity contribution in [1.82, 2.24) is 10.2 Å². The van der Waals surface area contributed by atoms with Gasteiger partial charge in [0.2, 0.25) is 11.8 Å². The van der Waals surface area contributed by atoms with Gasteiger partial charge in [-0.25, -0.2) is 12.8 Å². The molecule has 0 heterocycles. The zero-order valence-corrected chi connectivity index (χ0v) is 27.8. The summed E-state index contributed by atoms with van der Waals surface area (Å²) in [5, 5.41) is 2.90. The number of anilines is 1. The molecule has 0 bridgehead atoms. The molecule has 4 rings (SSSR count). The number of rotatable bonds is 15. The highest BCUT2D eigenvalue weighted by molar-refractivity contribution is 7.92. The van der Waals surface area contributed by atoms with Crippen LogP contribution < -0.4 is 19.1 Å². The first-order valence-corrected chi connectivity index (χ1v) is 16.7. The van der Waals surface area contributed by atoms with Crippen molar-refractivity contribution in [3.05, 3.63) is 120 Å². The third-order valence-electron chi connectivity index (χ3n) is 7.63. The number of amides is 2. The Morgan fingerprint density at radius 2 is 1.51 bits per heavy atom. The summed E-state index contributed by atoms with van der Waals surface area (Å²) in [6.07, 6.45) is 0.858. The molecule has 0 saturated carbocycles. The Kier molecular flexibility index (Phi) is 12.0. The fraction of sp³-hybridized carbons (Fsp3) is 0.278. The number of hydrogen-bond donors (Lipinski definition) is 1. The van der Waals surface area contributed by atoms with E-state index in [1.165, 1.54) is 61.6 Å². The largest absolute Gasteiger partial charge is 0.493 e. The first kappa shape index (κ1) is 35.0. The Morgan fingerprint density at radius 3 is 2.13 bits per heavy atom. The quantitative estimate of drug-likeness (QED) is 0.180. The van der Waals surface area contributed by atoms with Crippen molar-refractivity contribution in [3.63, 3.8) is 0 Å². The fourth-order valence-corrected chi connectivity index (χ4v) is 6.48. The van der Waals surface area contributed by atoms with Gasteiger partial charge in [0.1, 0.15) is 18.4 Å². The van der Waals surface area contributed by atoms with Crippen LogP contribution in [-0.2, 0) is 32.6 Å². The van der Waals surface area contributed by atoms with Crippen molar-refractivity contribution in [2.45, 2.75) is 44.2 Å². The second-order valence-electron chi connectivity index (χ2n) is 11.0. The normalized spacial score (nSPS) is 11.8. The molecule has 2 amide bonds. The van der Waals surface area contributed by atoms with E-state index in [4.69, 9.17) is 9.47 Å². The Bertz CT molecular complexity index is 1750. The zero-order valence-electron chi connectivity index (χ0n) is 27.0. The van der Waals surface area contributed by atoms with Gasteiger partial charge in [0.05, 0.1) is 24.8 Å². The van der Waals surface area contributed by atoms with E-state index >= 15 is 0 Å². The second kappa shape index (κ2) is 16.1. The van der Waals surface area contributed by atoms with Crippen molar-refractivity contribution < 1.29 is 31.9 Å². The van der Waals surface area contributed by atoms with Crippen molar-refractivity contribution in [3.8, 4) is 11.5 Å². The monoisotopic (exact) mass is 661 g/mol. The van der Waals surface area contributed by atoms with Crippen LogP contribution in [0, 0.1) is 12.7 Å². The van der Waals surface area contributed by atoms with Crippen LogP contribution in [0.1, 0.15) is 30.0 Å². The van der Waals surface area contributed by atoms with E-state index < -0.39 is 34.3 Å². The summed E-state index contributed by atoms with van der Waals surface area (Å²) in [4.78, 5) is 29.5. The van der Waals surface area contributed by atoms with Crippen LogP contribution in [0.15, 0.2) is 102 Å². The fourth-order valence-electron chi connectivity index (χ4n) is 5.05. The molecule has 0 spiro atoms. The van der Waals surface area contributed by atoms with Gasteiger partial charge in [0.15, 0.2) is 11.5 Å². The summed E-state index contributed by atoms with van der Waals surface area (Å²) in [5.41, 5.74) is 2.55. The molecule has 47 heavy (non-hydrogen) atoms. The first-order chi connectivity index (χ1) is 22.6. The van der Waals surface area contributed by atoms with Crippen molar-refractivity contribution >= 4 is 27.5 Å². The lowest BCUT2D eigenvalue weighted by molar-refractivity contribution is -0.140. The summed E-state index contributed by atoms with van der Waals surface area (Å²) < 4.78 is 54.1. The third kappa shape index (κ3) is 8.88. The van der Waals surface area contributed by atoms with Crippen LogP contribution in [-0.4, -0.2) is 58.5 Å². The van der Waals surface area contributed by atoms with Crippen LogP contribution in [0.3, 0.4) is 0 Å². The van der Waals surface area contributed by atoms with E-state index in [1.54, 1.807) is 24.3 Å². The Morgan fingerprint density at radius 1 is 0.851 bits per heavy atom. The molecule has 0 aromatic heterocycles. The molecule has 11 heteroatoms. The van der Waals surface area contributed by atoms with Crippen LogP contribution in [0.2, 0.25) is 0 Å². The van der Waals surface area contributed by atoms with Gasteiger partial charge in [-0.05, 0) is 60.9 Å². The molecule has 0 unspecified atom stereocenters. The number of aryl methyl sites for hydroxylation is 1. The average molecular weight is 662 g/mol. The maximum absolute atomic E-state index is 14.5. The molecular formula is C36H40FN3O6S. The lowest BCUT2D eigenvalue weighted by Gasteiger charge is -2.34. The molecule has 1 N–H and O–H groups in total. The molecule has 0 fully saturated rings. The topological polar surface area (TPSA) is 105 Å². The van der Waals surface area contributed by atoms with Crippen LogP contribution in [0.5, 0.6) is 11.5 Å². The summed E-state index contributed by atoms with van der Waals surface area (Å²) in [6, 6.07) is 24.9. The zero-order chi connectivity index (χ0) is 34.0. The number of ether oxygens (including phenoxy) is 2. The van der Waals surface area contributed by atoms with E-state index in [0.717, 1.165) is 15.4 Å². The number of methoxy groups -OCH3 is 2. The molecule has 0 radical (unpaired) electrons. The van der Waals surface area contributed by atoms with Gasteiger partial charge in [-0.1, -0.05) is 67.1 Å². The molecule has 1 atom stereocenters. The van der Waals surface area contributed by atoms with Crippen LogP contribution in [0.4, 0.5) is 10.1 Å². The number of sulfonamides is 1. The maximum atomic E-state index is 14.5. The Labute approximate surface area is 276 Å². The smallest absolute Gasteiger partial charge is 0.264 e. The molecule has 248 valence electrons. The summed E-state index contributed by atoms with van der Waals surface area (Å²) in [5.74, 6) is -0.893. The minimum Gasteiger partial charge on any atom is -0.493 e. The van der Waals surface area contributed by atoms with Crippen molar-refractivity contribution in [1.29, 1.82) is 0 Å². The number of carbonyl (C=O) groups is 2. The molecular weight excluding hydrogens is 621 g/mol. The van der Waals surface area contributed by atoms with Gasteiger partial charge >= 0.3 is 0 Å². The minimum absolute atomic E-state index is 0.0612. The highest BCUT2D eigenvalue weighted by atomic mass is 32.2. The predicted molar refractivity (Wildman–Crippen MR) is 179 cm³/mol. The first-order valence-electron chi connectivity index (χ1n) is 15.2. The number of benzene rings is 4. The van der Waals surface area contributed by atoms with Crippen molar-refractivity contribution in [2.24, 2.45) is 0 Å². The Balaban J connectivity index is 1.81. The summed E-state index contributed by atoms with van der Waals surface area (Å²) in [7, 11) is -1.50. The van der Waals surface area contributed by atoms with Crippen LogP contribution in [0.25, 0.3) is 0 Å². The van der Waals surface area contributed by atoms with Gasteiger partial charge in [-0.3, -0.25) is 13.9 Å². The lowest BCUT2D eigenvalue weighted by Crippen LogP contribution is -2.53. The van der Waals surface area contributed by atoms with E-state index in [-0.39, 0.29) is 35.2 Å². The van der Waals surface area contributed by atoms with Gasteiger partial charge in [-0.15, -0.1) is 0 Å². The summed E-state index contributed by atoms with van der Waals surface area (Å²) in [6.45, 7) is 3.51. The third-order valence-corrected chi connectivity index (χ3v) is 9.40. The average Bonchev–Trinajstić information content (AvgIpc) is 3.08. The van der Waals surface area contributed by atoms with Gasteiger partial charge in [-0.2, -0.15) is 0 Å². The van der Waals surface area contributed by atoms with Gasteiger partial charge in [0, 0.05) is 25.6 Å². The molecule has 4 aromatic rings. The molecule has 9 nitrogen and oxygen atoms in total. The molecule has 0 aliphatic heterocycles. The standard InChI is InChI=1S/C36H40FN3O6S/c1-5-21-38-36(42)32(22-27-9-7-6-8-10-27)39(24-28-13-15-29(37)16-14-28)35(41)25-40(30-17-11-26(2)12-18-30)47(43,44)31-19-20-33(45-3)34(23-31)46-4/h6-20,23,32H,5,21-22,24-25H2,1-4H3,(H,38,42)/t32-/m0/s1. The number of hydrogen-bond acceptors (Lipinski definition) is 6. The van der Waals surface area contributed by atoms with E-state index in [9.17, 15) is 22.4 Å². The highest BCUT2D eigenvalue weighted by Gasteiger charge is 2.35. The molecule has 4 aromatic carbocycles. The molecule has 0 aliphatic rings. The SMILES string of the molecule is CCCNC(=O)[C@H](Cc1ccccc1)N(Cc1ccc(F)cc1)C(=O)CN(c1ccc(C)cc1)S(=O)(=O)c1ccc(OC)c(OC)c1. The summed E-state index contributed by atoms with van der Waals surface area (Å²) >= 11 is 0.